The number of nitrogens with one attached hydrogen (secondary N) is 2. The van der Waals surface area contributed by atoms with E-state index in [1.54, 1.807) is 11.8 Å². The van der Waals surface area contributed by atoms with Gasteiger partial charge in [-0.3, -0.25) is 9.59 Å². The zero-order valence-electron chi connectivity index (χ0n) is 17.3. The highest BCUT2D eigenvalue weighted by molar-refractivity contribution is 7.98. The number of carbonyl (C=O) groups is 3. The first-order valence-electron chi connectivity index (χ1n) is 10.1. The Bertz CT molecular complexity index is 904. The molecule has 1 unspecified atom stereocenters. The maximum atomic E-state index is 12.4. The molecule has 1 aliphatic carbocycles. The van der Waals surface area contributed by atoms with E-state index >= 15 is 0 Å². The number of carbonyl (C=O) groups excluding carboxylic acids is 2. The summed E-state index contributed by atoms with van der Waals surface area (Å²) in [7, 11) is 0. The first-order valence-corrected chi connectivity index (χ1v) is 11.5. The van der Waals surface area contributed by atoms with Gasteiger partial charge in [0.25, 0.3) is 0 Å². The fourth-order valence-electron chi connectivity index (χ4n) is 3.72. The molecule has 7 nitrogen and oxygen atoms in total. The molecule has 0 radical (unpaired) electrons. The lowest BCUT2D eigenvalue weighted by Gasteiger charge is -2.19. The van der Waals surface area contributed by atoms with Crippen LogP contribution in [0.15, 0.2) is 48.5 Å². The molecule has 2 aromatic rings. The van der Waals surface area contributed by atoms with Gasteiger partial charge in [0.1, 0.15) is 12.6 Å². The zero-order chi connectivity index (χ0) is 22.2. The van der Waals surface area contributed by atoms with Crippen molar-refractivity contribution in [2.45, 2.75) is 24.8 Å². The summed E-state index contributed by atoms with van der Waals surface area (Å²) >= 11 is 1.58. The third-order valence-corrected chi connectivity index (χ3v) is 5.82. The van der Waals surface area contributed by atoms with E-state index in [0.717, 1.165) is 28.0 Å². The van der Waals surface area contributed by atoms with Crippen LogP contribution in [0, 0.1) is 0 Å². The number of carboxylic acid groups (broad SMARTS) is 1. The summed E-state index contributed by atoms with van der Waals surface area (Å²) in [5, 5.41) is 14.2. The molecule has 0 aromatic heterocycles. The SMILES string of the molecule is CSCCNC(=O)C(CCC(=O)O)NC(=O)OCC1c2ccccc2-c2ccccc21. The van der Waals surface area contributed by atoms with Gasteiger partial charge < -0.3 is 20.5 Å². The van der Waals surface area contributed by atoms with Gasteiger partial charge in [-0.25, -0.2) is 4.79 Å². The van der Waals surface area contributed by atoms with Crippen LogP contribution >= 0.6 is 11.8 Å². The average molecular weight is 443 g/mol. The Morgan fingerprint density at radius 2 is 1.68 bits per heavy atom. The van der Waals surface area contributed by atoms with Crippen molar-refractivity contribution in [2.75, 3.05) is 25.2 Å². The first kappa shape index (κ1) is 22.7. The standard InChI is InChI=1S/C23H26N2O5S/c1-31-13-12-24-22(28)20(10-11-21(26)27)25-23(29)30-14-19-17-8-4-2-6-15(17)16-7-3-5-9-18(16)19/h2-9,19-20H,10-14H2,1H3,(H,24,28)(H,25,29)(H,26,27). The average Bonchev–Trinajstić information content (AvgIpc) is 3.09. The minimum Gasteiger partial charge on any atom is -0.481 e. The normalized spacial score (nSPS) is 13.1. The molecule has 2 amide bonds. The molecule has 0 saturated heterocycles. The summed E-state index contributed by atoms with van der Waals surface area (Å²) in [4.78, 5) is 35.7. The number of alkyl carbamates (subject to hydrolysis) is 1. The van der Waals surface area contributed by atoms with Gasteiger partial charge in [0, 0.05) is 24.6 Å². The van der Waals surface area contributed by atoms with Crippen molar-refractivity contribution in [3.63, 3.8) is 0 Å². The van der Waals surface area contributed by atoms with Crippen LogP contribution in [-0.2, 0) is 14.3 Å². The predicted molar refractivity (Wildman–Crippen MR) is 120 cm³/mol. The Morgan fingerprint density at radius 3 is 2.26 bits per heavy atom. The van der Waals surface area contributed by atoms with Gasteiger partial charge in [0.15, 0.2) is 0 Å². The Morgan fingerprint density at radius 1 is 1.06 bits per heavy atom. The highest BCUT2D eigenvalue weighted by atomic mass is 32.2. The maximum absolute atomic E-state index is 12.4. The topological polar surface area (TPSA) is 105 Å². The smallest absolute Gasteiger partial charge is 0.407 e. The molecule has 0 aliphatic heterocycles. The molecule has 0 saturated carbocycles. The monoisotopic (exact) mass is 442 g/mol. The van der Waals surface area contributed by atoms with Crippen LogP contribution in [-0.4, -0.2) is 54.3 Å². The summed E-state index contributed by atoms with van der Waals surface area (Å²) in [6.45, 7) is 0.565. The molecule has 0 bridgehead atoms. The minimum atomic E-state index is -1.03. The van der Waals surface area contributed by atoms with Gasteiger partial charge in [-0.2, -0.15) is 11.8 Å². The van der Waals surface area contributed by atoms with E-state index in [9.17, 15) is 14.4 Å². The number of amides is 2. The van der Waals surface area contributed by atoms with Gasteiger partial charge in [-0.05, 0) is 34.9 Å². The van der Waals surface area contributed by atoms with Crippen LogP contribution in [0.4, 0.5) is 4.79 Å². The molecule has 8 heteroatoms. The Labute approximate surface area is 185 Å². The second-order valence-electron chi connectivity index (χ2n) is 7.24. The van der Waals surface area contributed by atoms with Gasteiger partial charge >= 0.3 is 12.1 Å². The highest BCUT2D eigenvalue weighted by Crippen LogP contribution is 2.44. The number of ether oxygens (including phenoxy) is 1. The van der Waals surface area contributed by atoms with Gasteiger partial charge in [-0.1, -0.05) is 48.5 Å². The molecular formula is C23H26N2O5S. The van der Waals surface area contributed by atoms with Crippen LogP contribution in [0.25, 0.3) is 11.1 Å². The van der Waals surface area contributed by atoms with Crippen LogP contribution in [0.5, 0.6) is 0 Å². The fraction of sp³-hybridized carbons (Fsp3) is 0.348. The Balaban J connectivity index is 1.63. The van der Waals surface area contributed by atoms with Crippen molar-refractivity contribution < 1.29 is 24.2 Å². The lowest BCUT2D eigenvalue weighted by atomic mass is 9.98. The molecule has 3 N–H and O–H groups in total. The number of rotatable bonds is 10. The summed E-state index contributed by atoms with van der Waals surface area (Å²) in [6.07, 6.45) is 0.940. The second-order valence-corrected chi connectivity index (χ2v) is 8.22. The fourth-order valence-corrected chi connectivity index (χ4v) is 4.02. The summed E-state index contributed by atoms with van der Waals surface area (Å²) in [6, 6.07) is 15.1. The maximum Gasteiger partial charge on any atom is 0.407 e. The number of aliphatic carboxylic acids is 1. The van der Waals surface area contributed by atoms with Crippen LogP contribution in [0.1, 0.15) is 29.9 Å². The van der Waals surface area contributed by atoms with Crippen molar-refractivity contribution in [1.29, 1.82) is 0 Å². The van der Waals surface area contributed by atoms with Crippen molar-refractivity contribution in [3.05, 3.63) is 59.7 Å². The summed E-state index contributed by atoms with van der Waals surface area (Å²) in [5.41, 5.74) is 4.43. The number of hydrogen-bond acceptors (Lipinski definition) is 5. The molecule has 0 spiro atoms. The molecule has 3 rings (SSSR count). The first-order chi connectivity index (χ1) is 15.0. The van der Waals surface area contributed by atoms with E-state index in [1.165, 1.54) is 0 Å². The molecule has 1 aliphatic rings. The largest absolute Gasteiger partial charge is 0.481 e. The lowest BCUT2D eigenvalue weighted by molar-refractivity contribution is -0.137. The van der Waals surface area contributed by atoms with E-state index in [4.69, 9.17) is 9.84 Å². The third kappa shape index (κ3) is 5.79. The lowest BCUT2D eigenvalue weighted by Crippen LogP contribution is -2.47. The van der Waals surface area contributed by atoms with E-state index in [2.05, 4.69) is 22.8 Å². The summed E-state index contributed by atoms with van der Waals surface area (Å²) < 4.78 is 5.47. The molecular weight excluding hydrogens is 416 g/mol. The minimum absolute atomic E-state index is 0.00930. The predicted octanol–water partition coefficient (Wildman–Crippen LogP) is 3.24. The number of benzene rings is 2. The van der Waals surface area contributed by atoms with E-state index in [0.29, 0.717) is 6.54 Å². The Kier molecular flexibility index (Phi) is 7.94. The van der Waals surface area contributed by atoms with Crippen LogP contribution in [0.3, 0.4) is 0 Å². The van der Waals surface area contributed by atoms with Crippen LogP contribution < -0.4 is 10.6 Å². The van der Waals surface area contributed by atoms with Gasteiger partial charge in [-0.15, -0.1) is 0 Å². The number of hydrogen-bond donors (Lipinski definition) is 3. The Hall–Kier alpha value is -3.00. The quantitative estimate of drug-likeness (QED) is 0.488. The second kappa shape index (κ2) is 10.9. The zero-order valence-corrected chi connectivity index (χ0v) is 18.1. The van der Waals surface area contributed by atoms with E-state index in [1.807, 2.05) is 42.7 Å². The molecule has 2 aromatic carbocycles. The number of fused-ring (bicyclic) bond motifs is 3. The van der Waals surface area contributed by atoms with Gasteiger partial charge in [0.05, 0.1) is 0 Å². The molecule has 0 fully saturated rings. The van der Waals surface area contributed by atoms with E-state index < -0.39 is 24.0 Å². The molecule has 31 heavy (non-hydrogen) atoms. The van der Waals surface area contributed by atoms with Crippen molar-refractivity contribution >= 4 is 29.7 Å². The van der Waals surface area contributed by atoms with E-state index in [-0.39, 0.29) is 25.4 Å². The van der Waals surface area contributed by atoms with Gasteiger partial charge in [0.2, 0.25) is 5.91 Å². The number of thioether (sulfide) groups is 1. The van der Waals surface area contributed by atoms with Crippen molar-refractivity contribution in [1.82, 2.24) is 10.6 Å². The van der Waals surface area contributed by atoms with Crippen molar-refractivity contribution in [2.24, 2.45) is 0 Å². The molecule has 1 atom stereocenters. The van der Waals surface area contributed by atoms with Crippen LogP contribution in [0.2, 0.25) is 0 Å². The highest BCUT2D eigenvalue weighted by Gasteiger charge is 2.29. The summed E-state index contributed by atoms with van der Waals surface area (Å²) in [5.74, 6) is -0.811. The van der Waals surface area contributed by atoms with Crippen molar-refractivity contribution in [3.8, 4) is 11.1 Å². The molecule has 164 valence electrons. The third-order valence-electron chi connectivity index (χ3n) is 5.20. The number of carboxylic acids is 1. The molecule has 0 heterocycles.